The SMILES string of the molecule is Cc1cc(Br)ccc1C(O)Cc1cccc(Br)c1. The molecular weight excluding hydrogens is 356 g/mol. The number of hydrogen-bond acceptors (Lipinski definition) is 1. The fourth-order valence-electron chi connectivity index (χ4n) is 2.01. The fourth-order valence-corrected chi connectivity index (χ4v) is 2.93. The third-order valence-electron chi connectivity index (χ3n) is 2.91. The Morgan fingerprint density at radius 2 is 1.78 bits per heavy atom. The summed E-state index contributed by atoms with van der Waals surface area (Å²) in [6, 6.07) is 14.0. The molecule has 0 bridgehead atoms. The van der Waals surface area contributed by atoms with Gasteiger partial charge in [-0.25, -0.2) is 0 Å². The van der Waals surface area contributed by atoms with Crippen LogP contribution in [0, 0.1) is 6.92 Å². The molecule has 1 N–H and O–H groups in total. The van der Waals surface area contributed by atoms with Gasteiger partial charge in [0, 0.05) is 15.4 Å². The molecule has 1 atom stereocenters. The number of rotatable bonds is 3. The van der Waals surface area contributed by atoms with E-state index in [1.807, 2.05) is 49.4 Å². The largest absolute Gasteiger partial charge is 0.388 e. The van der Waals surface area contributed by atoms with Gasteiger partial charge in [0.1, 0.15) is 0 Å². The molecule has 0 amide bonds. The van der Waals surface area contributed by atoms with Gasteiger partial charge in [-0.3, -0.25) is 0 Å². The van der Waals surface area contributed by atoms with E-state index < -0.39 is 6.10 Å². The van der Waals surface area contributed by atoms with Crippen LogP contribution in [0.3, 0.4) is 0 Å². The average Bonchev–Trinajstić information content (AvgIpc) is 2.28. The van der Waals surface area contributed by atoms with E-state index in [4.69, 9.17) is 0 Å². The summed E-state index contributed by atoms with van der Waals surface area (Å²) >= 11 is 6.88. The Morgan fingerprint density at radius 3 is 2.44 bits per heavy atom. The van der Waals surface area contributed by atoms with Crippen LogP contribution in [0.15, 0.2) is 51.4 Å². The van der Waals surface area contributed by atoms with Gasteiger partial charge in [-0.2, -0.15) is 0 Å². The molecule has 0 spiro atoms. The summed E-state index contributed by atoms with van der Waals surface area (Å²) in [4.78, 5) is 0. The van der Waals surface area contributed by atoms with E-state index in [-0.39, 0.29) is 0 Å². The van der Waals surface area contributed by atoms with Crippen LogP contribution < -0.4 is 0 Å². The van der Waals surface area contributed by atoms with Crippen molar-refractivity contribution in [1.29, 1.82) is 0 Å². The Balaban J connectivity index is 2.19. The molecule has 1 nitrogen and oxygen atoms in total. The Labute approximate surface area is 124 Å². The molecule has 2 rings (SSSR count). The number of aliphatic hydroxyl groups excluding tert-OH is 1. The summed E-state index contributed by atoms with van der Waals surface area (Å²) in [6.45, 7) is 2.02. The van der Waals surface area contributed by atoms with Crippen LogP contribution in [0.1, 0.15) is 22.8 Å². The van der Waals surface area contributed by atoms with Crippen molar-refractivity contribution in [3.05, 3.63) is 68.1 Å². The molecule has 0 saturated carbocycles. The molecule has 0 radical (unpaired) electrons. The van der Waals surface area contributed by atoms with E-state index in [1.165, 1.54) is 0 Å². The monoisotopic (exact) mass is 368 g/mol. The molecule has 3 heteroatoms. The second kappa shape index (κ2) is 6.00. The van der Waals surface area contributed by atoms with Crippen LogP contribution in [-0.2, 0) is 6.42 Å². The van der Waals surface area contributed by atoms with E-state index in [2.05, 4.69) is 31.9 Å². The molecular formula is C15H14Br2O. The fraction of sp³-hybridized carbons (Fsp3) is 0.200. The van der Waals surface area contributed by atoms with E-state index >= 15 is 0 Å². The van der Waals surface area contributed by atoms with Crippen molar-refractivity contribution >= 4 is 31.9 Å². The Bertz CT molecular complexity index is 552. The number of benzene rings is 2. The average molecular weight is 370 g/mol. The minimum atomic E-state index is -0.465. The molecule has 18 heavy (non-hydrogen) atoms. The molecule has 1 unspecified atom stereocenters. The third kappa shape index (κ3) is 3.44. The number of aliphatic hydroxyl groups is 1. The lowest BCUT2D eigenvalue weighted by Gasteiger charge is -2.14. The highest BCUT2D eigenvalue weighted by Gasteiger charge is 2.11. The maximum absolute atomic E-state index is 10.3. The molecule has 0 saturated heterocycles. The zero-order chi connectivity index (χ0) is 13.1. The first kappa shape index (κ1) is 13.8. The highest BCUT2D eigenvalue weighted by Crippen LogP contribution is 2.25. The minimum absolute atomic E-state index is 0.465. The van der Waals surface area contributed by atoms with Crippen molar-refractivity contribution in [3.63, 3.8) is 0 Å². The normalized spacial score (nSPS) is 12.4. The van der Waals surface area contributed by atoms with E-state index in [9.17, 15) is 5.11 Å². The second-order valence-corrected chi connectivity index (χ2v) is 6.18. The predicted molar refractivity (Wildman–Crippen MR) is 81.7 cm³/mol. The summed E-state index contributed by atoms with van der Waals surface area (Å²) < 4.78 is 2.08. The van der Waals surface area contributed by atoms with Crippen LogP contribution in [0.2, 0.25) is 0 Å². The summed E-state index contributed by atoms with van der Waals surface area (Å²) in [7, 11) is 0. The van der Waals surface area contributed by atoms with Crippen LogP contribution in [-0.4, -0.2) is 5.11 Å². The van der Waals surface area contributed by atoms with Gasteiger partial charge in [0.15, 0.2) is 0 Å². The topological polar surface area (TPSA) is 20.2 Å². The van der Waals surface area contributed by atoms with Crippen molar-refractivity contribution in [3.8, 4) is 0 Å². The lowest BCUT2D eigenvalue weighted by atomic mass is 9.98. The third-order valence-corrected chi connectivity index (χ3v) is 3.90. The maximum Gasteiger partial charge on any atom is 0.0832 e. The zero-order valence-corrected chi connectivity index (χ0v) is 13.2. The highest BCUT2D eigenvalue weighted by atomic mass is 79.9. The van der Waals surface area contributed by atoms with Crippen molar-refractivity contribution < 1.29 is 5.11 Å². The van der Waals surface area contributed by atoms with Gasteiger partial charge in [-0.1, -0.05) is 50.1 Å². The molecule has 94 valence electrons. The molecule has 0 aromatic heterocycles. The van der Waals surface area contributed by atoms with Crippen molar-refractivity contribution in [2.75, 3.05) is 0 Å². The van der Waals surface area contributed by atoms with Crippen LogP contribution in [0.25, 0.3) is 0 Å². The zero-order valence-electron chi connectivity index (χ0n) is 10.0. The predicted octanol–water partition coefficient (Wildman–Crippen LogP) is 4.80. The van der Waals surface area contributed by atoms with Gasteiger partial charge in [0.25, 0.3) is 0 Å². The molecule has 0 fully saturated rings. The molecule has 2 aromatic rings. The minimum Gasteiger partial charge on any atom is -0.388 e. The Kier molecular flexibility index (Phi) is 4.60. The number of aryl methyl sites for hydroxylation is 1. The Morgan fingerprint density at radius 1 is 1.06 bits per heavy atom. The quantitative estimate of drug-likeness (QED) is 0.824. The van der Waals surface area contributed by atoms with Gasteiger partial charge in [-0.15, -0.1) is 0 Å². The van der Waals surface area contributed by atoms with Crippen LogP contribution in [0.4, 0.5) is 0 Å². The van der Waals surface area contributed by atoms with Gasteiger partial charge < -0.3 is 5.11 Å². The first-order valence-electron chi connectivity index (χ1n) is 5.75. The van der Waals surface area contributed by atoms with Crippen LogP contribution >= 0.6 is 31.9 Å². The second-order valence-electron chi connectivity index (χ2n) is 4.35. The van der Waals surface area contributed by atoms with Gasteiger partial charge in [0.2, 0.25) is 0 Å². The lowest BCUT2D eigenvalue weighted by molar-refractivity contribution is 0.177. The summed E-state index contributed by atoms with van der Waals surface area (Å²) in [5.41, 5.74) is 3.21. The molecule has 2 aromatic carbocycles. The summed E-state index contributed by atoms with van der Waals surface area (Å²) in [5.74, 6) is 0. The standard InChI is InChI=1S/C15H14Br2O/c1-10-7-13(17)5-6-14(10)15(18)9-11-3-2-4-12(16)8-11/h2-8,15,18H,9H2,1H3. The summed E-state index contributed by atoms with van der Waals surface area (Å²) in [6.07, 6.45) is 0.162. The van der Waals surface area contributed by atoms with Crippen molar-refractivity contribution in [2.45, 2.75) is 19.4 Å². The van der Waals surface area contributed by atoms with Gasteiger partial charge >= 0.3 is 0 Å². The molecule has 0 aliphatic heterocycles. The van der Waals surface area contributed by atoms with E-state index in [1.54, 1.807) is 0 Å². The molecule has 0 aliphatic carbocycles. The van der Waals surface area contributed by atoms with Crippen molar-refractivity contribution in [2.24, 2.45) is 0 Å². The number of halogens is 2. The molecule has 0 heterocycles. The molecule has 0 aliphatic rings. The smallest absolute Gasteiger partial charge is 0.0832 e. The van der Waals surface area contributed by atoms with Crippen LogP contribution in [0.5, 0.6) is 0 Å². The van der Waals surface area contributed by atoms with Gasteiger partial charge in [-0.05, 0) is 47.9 Å². The first-order chi connectivity index (χ1) is 8.56. The van der Waals surface area contributed by atoms with Gasteiger partial charge in [0.05, 0.1) is 6.10 Å². The summed E-state index contributed by atoms with van der Waals surface area (Å²) in [5, 5.41) is 10.3. The highest BCUT2D eigenvalue weighted by molar-refractivity contribution is 9.10. The maximum atomic E-state index is 10.3. The Hall–Kier alpha value is -0.640. The van der Waals surface area contributed by atoms with Crippen molar-refractivity contribution in [1.82, 2.24) is 0 Å². The number of hydrogen-bond donors (Lipinski definition) is 1. The van der Waals surface area contributed by atoms with E-state index in [0.29, 0.717) is 6.42 Å². The van der Waals surface area contributed by atoms with E-state index in [0.717, 1.165) is 25.6 Å². The lowest BCUT2D eigenvalue weighted by Crippen LogP contribution is -2.03. The first-order valence-corrected chi connectivity index (χ1v) is 7.33.